The van der Waals surface area contributed by atoms with E-state index in [0.29, 0.717) is 11.4 Å². The molecule has 0 radical (unpaired) electrons. The Morgan fingerprint density at radius 3 is 1.98 bits per heavy atom. The fourth-order valence-electron chi connectivity index (χ4n) is 6.58. The molecule has 2 fully saturated rings. The smallest absolute Gasteiger partial charge is 0.330 e. The van der Waals surface area contributed by atoms with Crippen LogP contribution in [0, 0.1) is 11.8 Å². The van der Waals surface area contributed by atoms with E-state index in [4.69, 9.17) is 9.47 Å². The molecule has 0 unspecified atom stereocenters. The average Bonchev–Trinajstić information content (AvgIpc) is 3.52. The predicted molar refractivity (Wildman–Crippen MR) is 157 cm³/mol. The molecule has 4 atom stereocenters. The minimum atomic E-state index is -0.987. The molecule has 3 heterocycles. The topological polar surface area (TPSA) is 76.2 Å². The molecule has 7 heteroatoms. The highest BCUT2D eigenvalue weighted by Crippen LogP contribution is 2.53. The number of anilines is 1. The molecular weight excluding hydrogens is 528 g/mol. The van der Waals surface area contributed by atoms with E-state index in [-0.39, 0.29) is 5.91 Å². The molecule has 0 saturated carbocycles. The number of hydrogen-bond donors (Lipinski definition) is 0. The Kier molecular flexibility index (Phi) is 6.35. The number of fused-ring (bicyclic) bond motifs is 5. The zero-order valence-electron chi connectivity index (χ0n) is 22.9. The molecule has 3 aliphatic rings. The number of esters is 1. The third kappa shape index (κ3) is 4.08. The fourth-order valence-corrected chi connectivity index (χ4v) is 6.58. The molecule has 42 heavy (non-hydrogen) atoms. The van der Waals surface area contributed by atoms with Crippen molar-refractivity contribution in [3.63, 3.8) is 0 Å². The minimum Gasteiger partial charge on any atom is -0.497 e. The van der Waals surface area contributed by atoms with Crippen LogP contribution in [0.1, 0.15) is 34.4 Å². The lowest BCUT2D eigenvalue weighted by molar-refractivity contribution is -0.155. The second-order valence-corrected chi connectivity index (χ2v) is 10.7. The van der Waals surface area contributed by atoms with Crippen LogP contribution in [0.5, 0.6) is 5.75 Å². The first-order valence-electron chi connectivity index (χ1n) is 13.9. The summed E-state index contributed by atoms with van der Waals surface area (Å²) in [5.41, 5.74) is 3.95. The van der Waals surface area contributed by atoms with Gasteiger partial charge in [0, 0.05) is 6.20 Å². The number of ether oxygens (including phenoxy) is 2. The lowest BCUT2D eigenvalue weighted by Gasteiger charge is -2.35. The van der Waals surface area contributed by atoms with Crippen LogP contribution in [-0.2, 0) is 19.1 Å². The Morgan fingerprint density at radius 1 is 0.738 bits per heavy atom. The first-order valence-corrected chi connectivity index (χ1v) is 13.9. The first-order chi connectivity index (χ1) is 20.6. The molecular formula is C35H28N2O5. The summed E-state index contributed by atoms with van der Waals surface area (Å²) in [4.78, 5) is 45.7. The number of hydrogen-bond acceptors (Lipinski definition) is 6. The highest BCUT2D eigenvalue weighted by atomic mass is 16.5. The van der Waals surface area contributed by atoms with Crippen molar-refractivity contribution < 1.29 is 23.9 Å². The van der Waals surface area contributed by atoms with Gasteiger partial charge in [0.05, 0.1) is 30.7 Å². The van der Waals surface area contributed by atoms with Gasteiger partial charge in [-0.3, -0.25) is 9.59 Å². The lowest BCUT2D eigenvalue weighted by atomic mass is 9.84. The molecule has 7 nitrogen and oxygen atoms in total. The Hall–Kier alpha value is -5.17. The third-order valence-electron chi connectivity index (χ3n) is 8.47. The van der Waals surface area contributed by atoms with Gasteiger partial charge >= 0.3 is 5.97 Å². The van der Waals surface area contributed by atoms with Crippen molar-refractivity contribution in [1.82, 2.24) is 4.90 Å². The van der Waals surface area contributed by atoms with Gasteiger partial charge in [0.25, 0.3) is 0 Å². The van der Waals surface area contributed by atoms with E-state index in [9.17, 15) is 14.4 Å². The number of rotatable bonds is 6. The predicted octanol–water partition coefficient (Wildman–Crippen LogP) is 5.54. The van der Waals surface area contributed by atoms with Crippen LogP contribution in [0.3, 0.4) is 0 Å². The van der Waals surface area contributed by atoms with Gasteiger partial charge in [-0.05, 0) is 52.6 Å². The maximum Gasteiger partial charge on any atom is 0.330 e. The lowest BCUT2D eigenvalue weighted by Crippen LogP contribution is -2.45. The van der Waals surface area contributed by atoms with Crippen molar-refractivity contribution in [3.05, 3.63) is 138 Å². The normalized spacial score (nSPS) is 22.1. The van der Waals surface area contributed by atoms with Crippen molar-refractivity contribution in [2.24, 2.45) is 11.8 Å². The second-order valence-electron chi connectivity index (χ2n) is 10.7. The Labute approximate surface area is 243 Å². The van der Waals surface area contributed by atoms with Crippen LogP contribution in [0.4, 0.5) is 5.69 Å². The van der Waals surface area contributed by atoms with E-state index >= 15 is 0 Å². The van der Waals surface area contributed by atoms with Gasteiger partial charge in [-0.2, -0.15) is 0 Å². The molecule has 2 amide bonds. The molecule has 0 N–H and O–H groups in total. The summed E-state index contributed by atoms with van der Waals surface area (Å²) < 4.78 is 11.6. The summed E-state index contributed by atoms with van der Waals surface area (Å²) in [5, 5.41) is 0. The van der Waals surface area contributed by atoms with E-state index in [1.54, 1.807) is 31.4 Å². The van der Waals surface area contributed by atoms with Crippen LogP contribution < -0.4 is 9.64 Å². The quantitative estimate of drug-likeness (QED) is 0.229. The molecule has 208 valence electrons. The number of benzene rings is 4. The summed E-state index contributed by atoms with van der Waals surface area (Å²) in [6.07, 6.45) is 3.08. The van der Waals surface area contributed by atoms with Crippen molar-refractivity contribution >= 4 is 29.5 Å². The molecule has 7 rings (SSSR count). The van der Waals surface area contributed by atoms with E-state index in [1.807, 2.05) is 102 Å². The largest absolute Gasteiger partial charge is 0.497 e. The summed E-state index contributed by atoms with van der Waals surface area (Å²) in [6, 6.07) is 32.2. The molecule has 2 saturated heterocycles. The zero-order valence-corrected chi connectivity index (χ0v) is 22.9. The molecule has 0 bridgehead atoms. The molecule has 4 aromatic rings. The average molecular weight is 557 g/mol. The third-order valence-corrected chi connectivity index (χ3v) is 8.47. The Morgan fingerprint density at radius 2 is 1.33 bits per heavy atom. The Bertz CT molecular complexity index is 1650. The standard InChI is InChI=1S/C35H28N2O5/c1-41-26-18-16-25(17-19-26)37-33(38)28-29(34(37)39)31(36-21-20-22-10-8-9-15-27(22)30(28)36)35(40)42-32(23-11-4-2-5-12-23)24-13-6-3-7-14-24/h2-21,28-32H,1H3/t28-,29-,30+,31+/m1/s1. The summed E-state index contributed by atoms with van der Waals surface area (Å²) in [7, 11) is 1.56. The zero-order chi connectivity index (χ0) is 28.8. The van der Waals surface area contributed by atoms with Crippen molar-refractivity contribution in [3.8, 4) is 5.75 Å². The van der Waals surface area contributed by atoms with Crippen molar-refractivity contribution in [2.45, 2.75) is 18.2 Å². The molecule has 0 aromatic heterocycles. The van der Waals surface area contributed by atoms with E-state index in [0.717, 1.165) is 22.3 Å². The summed E-state index contributed by atoms with van der Waals surface area (Å²) in [5.74, 6) is -2.34. The van der Waals surface area contributed by atoms with Gasteiger partial charge < -0.3 is 14.4 Å². The van der Waals surface area contributed by atoms with Crippen molar-refractivity contribution in [2.75, 3.05) is 12.0 Å². The van der Waals surface area contributed by atoms with E-state index in [1.165, 1.54) is 4.90 Å². The molecule has 3 aliphatic heterocycles. The SMILES string of the molecule is COc1ccc(N2C(=O)[C@@H]3[C@@H](C2=O)[C@@H]2c4ccccc4C=CN2[C@@H]3C(=O)OC(c2ccccc2)c2ccccc2)cc1. The maximum absolute atomic E-state index is 14.3. The van der Waals surface area contributed by atoms with Gasteiger partial charge in [-0.25, -0.2) is 9.69 Å². The molecule has 0 spiro atoms. The number of methoxy groups -OCH3 is 1. The number of amides is 2. The highest BCUT2D eigenvalue weighted by molar-refractivity contribution is 6.24. The summed E-state index contributed by atoms with van der Waals surface area (Å²) in [6.45, 7) is 0. The molecule has 4 aromatic carbocycles. The number of carbonyl (C=O) groups excluding carboxylic acids is 3. The Balaban J connectivity index is 1.30. The number of nitrogens with zero attached hydrogens (tertiary/aromatic N) is 2. The second kappa shape index (κ2) is 10.3. The van der Waals surface area contributed by atoms with Crippen LogP contribution in [0.15, 0.2) is 115 Å². The van der Waals surface area contributed by atoms with Gasteiger partial charge in [-0.1, -0.05) is 84.9 Å². The summed E-state index contributed by atoms with van der Waals surface area (Å²) >= 11 is 0. The van der Waals surface area contributed by atoms with Gasteiger partial charge in [0.1, 0.15) is 11.8 Å². The monoisotopic (exact) mass is 556 g/mol. The highest BCUT2D eigenvalue weighted by Gasteiger charge is 2.65. The van der Waals surface area contributed by atoms with Gasteiger partial charge in [0.15, 0.2) is 6.10 Å². The van der Waals surface area contributed by atoms with Crippen LogP contribution in [0.2, 0.25) is 0 Å². The minimum absolute atomic E-state index is 0.326. The van der Waals surface area contributed by atoms with E-state index < -0.39 is 41.9 Å². The maximum atomic E-state index is 14.3. The fraction of sp³-hybridized carbons (Fsp3) is 0.171. The number of imide groups is 1. The first kappa shape index (κ1) is 25.8. The van der Waals surface area contributed by atoms with Crippen molar-refractivity contribution in [1.29, 1.82) is 0 Å². The van der Waals surface area contributed by atoms with Crippen LogP contribution >= 0.6 is 0 Å². The van der Waals surface area contributed by atoms with Crippen LogP contribution in [0.25, 0.3) is 6.08 Å². The molecule has 0 aliphatic carbocycles. The van der Waals surface area contributed by atoms with E-state index in [2.05, 4.69) is 0 Å². The van der Waals surface area contributed by atoms with Gasteiger partial charge in [0.2, 0.25) is 11.8 Å². The number of carbonyl (C=O) groups is 3. The van der Waals surface area contributed by atoms with Gasteiger partial charge in [-0.15, -0.1) is 0 Å². The van der Waals surface area contributed by atoms with Crippen LogP contribution in [-0.4, -0.2) is 35.8 Å².